The number of aromatic nitrogens is 1. The largest absolute Gasteiger partial charge is 0.342 e. The number of halogens is 2. The molecule has 0 unspecified atom stereocenters. The minimum Gasteiger partial charge on any atom is -0.342 e. The summed E-state index contributed by atoms with van der Waals surface area (Å²) in [5.41, 5.74) is 8.08. The average molecular weight is 333 g/mol. The summed E-state index contributed by atoms with van der Waals surface area (Å²) >= 11 is 3.54. The van der Waals surface area contributed by atoms with Gasteiger partial charge in [0.05, 0.1) is 6.54 Å². The van der Waals surface area contributed by atoms with E-state index in [2.05, 4.69) is 15.9 Å². The van der Waals surface area contributed by atoms with Gasteiger partial charge >= 0.3 is 0 Å². The highest BCUT2D eigenvalue weighted by Gasteiger charge is 2.09. The molecule has 0 aliphatic rings. The number of rotatable bonds is 3. The maximum Gasteiger partial charge on any atom is 0.128 e. The van der Waals surface area contributed by atoms with Gasteiger partial charge in [-0.3, -0.25) is 0 Å². The predicted molar refractivity (Wildman–Crippen MR) is 83.0 cm³/mol. The van der Waals surface area contributed by atoms with Gasteiger partial charge in [-0.25, -0.2) is 4.39 Å². The van der Waals surface area contributed by atoms with Crippen molar-refractivity contribution in [3.05, 3.63) is 70.1 Å². The second-order valence-electron chi connectivity index (χ2n) is 4.75. The molecule has 0 spiro atoms. The maximum atomic E-state index is 14.0. The van der Waals surface area contributed by atoms with Crippen LogP contribution in [0.2, 0.25) is 0 Å². The van der Waals surface area contributed by atoms with E-state index < -0.39 is 0 Å². The van der Waals surface area contributed by atoms with E-state index in [1.54, 1.807) is 6.07 Å². The number of nitrogens with zero attached hydrogens (tertiary/aromatic N) is 1. The molecule has 4 heteroatoms. The van der Waals surface area contributed by atoms with E-state index in [-0.39, 0.29) is 5.82 Å². The highest BCUT2D eigenvalue weighted by molar-refractivity contribution is 9.10. The van der Waals surface area contributed by atoms with Crippen LogP contribution in [0.25, 0.3) is 10.9 Å². The summed E-state index contributed by atoms with van der Waals surface area (Å²) in [6.45, 7) is 0.859. The Balaban J connectivity index is 2.01. The van der Waals surface area contributed by atoms with Crippen LogP contribution in [0.1, 0.15) is 11.1 Å². The van der Waals surface area contributed by atoms with Crippen LogP contribution in [-0.4, -0.2) is 4.57 Å². The number of fused-ring (bicyclic) bond motifs is 1. The molecular weight excluding hydrogens is 319 g/mol. The van der Waals surface area contributed by atoms with E-state index in [4.69, 9.17) is 5.73 Å². The minimum absolute atomic E-state index is 0.207. The van der Waals surface area contributed by atoms with Crippen LogP contribution in [-0.2, 0) is 13.1 Å². The summed E-state index contributed by atoms with van der Waals surface area (Å²) < 4.78 is 17.1. The lowest BCUT2D eigenvalue weighted by atomic mass is 10.1. The van der Waals surface area contributed by atoms with Gasteiger partial charge < -0.3 is 10.3 Å². The third-order valence-electron chi connectivity index (χ3n) is 3.43. The molecule has 0 aliphatic heterocycles. The van der Waals surface area contributed by atoms with E-state index in [1.807, 2.05) is 41.1 Å². The SMILES string of the molecule is NCc1ccc(Cn2cc(Br)c3ccccc32)c(F)c1. The first-order chi connectivity index (χ1) is 9.69. The normalized spacial score (nSPS) is 11.2. The minimum atomic E-state index is -0.207. The van der Waals surface area contributed by atoms with Crippen LogP contribution in [0, 0.1) is 5.82 Å². The number of hydrogen-bond acceptors (Lipinski definition) is 1. The van der Waals surface area contributed by atoms with Crippen LogP contribution in [0.5, 0.6) is 0 Å². The van der Waals surface area contributed by atoms with Crippen molar-refractivity contribution in [2.75, 3.05) is 0 Å². The summed E-state index contributed by atoms with van der Waals surface area (Å²) in [5, 5.41) is 1.13. The molecule has 0 amide bonds. The van der Waals surface area contributed by atoms with Crippen molar-refractivity contribution >= 4 is 26.8 Å². The van der Waals surface area contributed by atoms with Crippen LogP contribution in [0.15, 0.2) is 53.1 Å². The zero-order valence-electron chi connectivity index (χ0n) is 10.8. The fourth-order valence-corrected chi connectivity index (χ4v) is 2.94. The molecule has 0 saturated carbocycles. The molecule has 1 heterocycles. The molecule has 2 N–H and O–H groups in total. The molecule has 102 valence electrons. The van der Waals surface area contributed by atoms with E-state index in [0.29, 0.717) is 18.7 Å². The lowest BCUT2D eigenvalue weighted by molar-refractivity contribution is 0.599. The average Bonchev–Trinajstić information content (AvgIpc) is 2.78. The van der Waals surface area contributed by atoms with Crippen molar-refractivity contribution < 1.29 is 4.39 Å². The third-order valence-corrected chi connectivity index (χ3v) is 4.07. The Morgan fingerprint density at radius 2 is 1.95 bits per heavy atom. The molecular formula is C16H14BrFN2. The van der Waals surface area contributed by atoms with Gasteiger partial charge in [0.2, 0.25) is 0 Å². The Labute approximate surface area is 125 Å². The molecule has 0 atom stereocenters. The Hall–Kier alpha value is -1.65. The summed E-state index contributed by atoms with van der Waals surface area (Å²) in [4.78, 5) is 0. The van der Waals surface area contributed by atoms with Gasteiger partial charge in [-0.05, 0) is 33.6 Å². The smallest absolute Gasteiger partial charge is 0.128 e. The molecule has 0 saturated heterocycles. The molecule has 2 aromatic carbocycles. The second-order valence-corrected chi connectivity index (χ2v) is 5.61. The van der Waals surface area contributed by atoms with Crippen LogP contribution < -0.4 is 5.73 Å². The van der Waals surface area contributed by atoms with Crippen molar-refractivity contribution in [3.8, 4) is 0 Å². The summed E-state index contributed by atoms with van der Waals surface area (Å²) in [5.74, 6) is -0.207. The van der Waals surface area contributed by atoms with Crippen molar-refractivity contribution in [3.63, 3.8) is 0 Å². The lowest BCUT2D eigenvalue weighted by Gasteiger charge is -2.08. The second kappa shape index (κ2) is 5.38. The third kappa shape index (κ3) is 2.37. The zero-order valence-corrected chi connectivity index (χ0v) is 12.4. The first kappa shape index (κ1) is 13.3. The van der Waals surface area contributed by atoms with Gasteiger partial charge in [-0.1, -0.05) is 30.3 Å². The maximum absolute atomic E-state index is 14.0. The topological polar surface area (TPSA) is 30.9 Å². The Kier molecular flexibility index (Phi) is 3.59. The summed E-state index contributed by atoms with van der Waals surface area (Å²) in [6.07, 6.45) is 1.99. The molecule has 3 aromatic rings. The van der Waals surface area contributed by atoms with Gasteiger partial charge in [-0.15, -0.1) is 0 Å². The van der Waals surface area contributed by atoms with E-state index >= 15 is 0 Å². The standard InChI is InChI=1S/C16H14BrFN2/c17-14-10-20(16-4-2-1-3-13(14)16)9-12-6-5-11(8-19)7-15(12)18/h1-7,10H,8-9,19H2. The van der Waals surface area contributed by atoms with E-state index in [0.717, 1.165) is 20.9 Å². The van der Waals surface area contributed by atoms with Gasteiger partial charge in [0.1, 0.15) is 5.82 Å². The van der Waals surface area contributed by atoms with Gasteiger partial charge in [-0.2, -0.15) is 0 Å². The lowest BCUT2D eigenvalue weighted by Crippen LogP contribution is -2.03. The molecule has 0 radical (unpaired) electrons. The quantitative estimate of drug-likeness (QED) is 0.770. The molecule has 1 aromatic heterocycles. The van der Waals surface area contributed by atoms with Crippen molar-refractivity contribution in [2.45, 2.75) is 13.1 Å². The van der Waals surface area contributed by atoms with Crippen LogP contribution >= 0.6 is 15.9 Å². The zero-order chi connectivity index (χ0) is 14.1. The molecule has 0 fully saturated rings. The Bertz CT molecular complexity index is 764. The van der Waals surface area contributed by atoms with Gasteiger partial charge in [0.15, 0.2) is 0 Å². The van der Waals surface area contributed by atoms with Crippen LogP contribution in [0.4, 0.5) is 4.39 Å². The molecule has 3 rings (SSSR count). The summed E-state index contributed by atoms with van der Waals surface area (Å²) in [7, 11) is 0. The molecule has 20 heavy (non-hydrogen) atoms. The van der Waals surface area contributed by atoms with E-state index in [9.17, 15) is 4.39 Å². The fourth-order valence-electron chi connectivity index (χ4n) is 2.36. The number of nitrogens with two attached hydrogens (primary N) is 1. The van der Waals surface area contributed by atoms with E-state index in [1.165, 1.54) is 6.07 Å². The van der Waals surface area contributed by atoms with Crippen LogP contribution in [0.3, 0.4) is 0 Å². The number of para-hydroxylation sites is 1. The molecule has 2 nitrogen and oxygen atoms in total. The van der Waals surface area contributed by atoms with Crippen molar-refractivity contribution in [1.29, 1.82) is 0 Å². The highest BCUT2D eigenvalue weighted by Crippen LogP contribution is 2.27. The number of hydrogen-bond donors (Lipinski definition) is 1. The van der Waals surface area contributed by atoms with Crippen molar-refractivity contribution in [2.24, 2.45) is 5.73 Å². The van der Waals surface area contributed by atoms with Gasteiger partial charge in [0, 0.05) is 33.7 Å². The number of benzene rings is 2. The summed E-state index contributed by atoms with van der Waals surface area (Å²) in [6, 6.07) is 13.2. The molecule has 0 aliphatic carbocycles. The highest BCUT2D eigenvalue weighted by atomic mass is 79.9. The Morgan fingerprint density at radius 1 is 1.15 bits per heavy atom. The Morgan fingerprint density at radius 3 is 2.70 bits per heavy atom. The molecule has 0 bridgehead atoms. The van der Waals surface area contributed by atoms with Gasteiger partial charge in [0.25, 0.3) is 0 Å². The monoisotopic (exact) mass is 332 g/mol. The first-order valence-corrected chi connectivity index (χ1v) is 7.19. The van der Waals surface area contributed by atoms with Crippen molar-refractivity contribution in [1.82, 2.24) is 4.57 Å². The fraction of sp³-hybridized carbons (Fsp3) is 0.125. The first-order valence-electron chi connectivity index (χ1n) is 6.40. The predicted octanol–water partition coefficient (Wildman–Crippen LogP) is 4.05.